The largest absolute Gasteiger partial charge is 0.352 e. The Kier molecular flexibility index (Phi) is 4.77. The number of anilines is 2. The van der Waals surface area contributed by atoms with Crippen LogP contribution in [0.5, 0.6) is 0 Å². The van der Waals surface area contributed by atoms with Gasteiger partial charge >= 0.3 is 0 Å². The van der Waals surface area contributed by atoms with Crippen molar-refractivity contribution in [1.29, 1.82) is 0 Å². The van der Waals surface area contributed by atoms with Crippen molar-refractivity contribution in [3.05, 3.63) is 12.1 Å². The third-order valence-electron chi connectivity index (χ3n) is 5.85. The molecule has 0 bridgehead atoms. The summed E-state index contributed by atoms with van der Waals surface area (Å²) in [4.78, 5) is 18.9. The maximum atomic E-state index is 12.2. The molecule has 6 nitrogen and oxygen atoms in total. The molecule has 25 heavy (non-hydrogen) atoms. The van der Waals surface area contributed by atoms with E-state index in [2.05, 4.69) is 39.1 Å². The van der Waals surface area contributed by atoms with Crippen LogP contribution in [0.3, 0.4) is 0 Å². The lowest BCUT2D eigenvalue weighted by Crippen LogP contribution is -2.49. The summed E-state index contributed by atoms with van der Waals surface area (Å²) in [6.45, 7) is 6.66. The maximum absolute atomic E-state index is 12.2. The van der Waals surface area contributed by atoms with E-state index in [1.165, 1.54) is 32.1 Å². The van der Waals surface area contributed by atoms with Gasteiger partial charge in [0.15, 0.2) is 11.6 Å². The lowest BCUT2D eigenvalue weighted by atomic mass is 10.0. The summed E-state index contributed by atoms with van der Waals surface area (Å²) in [5.41, 5.74) is 0. The van der Waals surface area contributed by atoms with Gasteiger partial charge in [0, 0.05) is 45.2 Å². The van der Waals surface area contributed by atoms with Crippen molar-refractivity contribution in [2.45, 2.75) is 51.5 Å². The fourth-order valence-electron chi connectivity index (χ4n) is 3.96. The van der Waals surface area contributed by atoms with Crippen molar-refractivity contribution < 1.29 is 4.79 Å². The van der Waals surface area contributed by atoms with Gasteiger partial charge in [-0.2, -0.15) is 0 Å². The number of piperidine rings is 1. The summed E-state index contributed by atoms with van der Waals surface area (Å²) in [5, 5.41) is 8.95. The predicted molar refractivity (Wildman–Crippen MR) is 98.8 cm³/mol. The third-order valence-corrected chi connectivity index (χ3v) is 5.85. The number of aromatic nitrogens is 2. The highest BCUT2D eigenvalue weighted by atomic mass is 16.2. The van der Waals surface area contributed by atoms with Crippen molar-refractivity contribution in [2.75, 3.05) is 42.5 Å². The smallest absolute Gasteiger partial charge is 0.222 e. The molecule has 1 aromatic heterocycles. The normalized spacial score (nSPS) is 24.5. The molecule has 0 aromatic carbocycles. The van der Waals surface area contributed by atoms with Gasteiger partial charge < -0.3 is 14.7 Å². The second kappa shape index (κ2) is 7.18. The Balaban J connectivity index is 1.32. The minimum atomic E-state index is 0.336. The molecule has 3 aliphatic rings. The lowest BCUT2D eigenvalue weighted by Gasteiger charge is -2.36. The monoisotopic (exact) mass is 343 g/mol. The lowest BCUT2D eigenvalue weighted by molar-refractivity contribution is -0.131. The molecule has 4 rings (SSSR count). The number of carbonyl (C=O) groups is 1. The standard InChI is InChI=1S/C19H29N5O/c1-15-4-2-3-9-24(15)18-8-7-17(20-21-18)22-10-12-23(13-11-22)19(25)14-16-5-6-16/h7-8,15-16H,2-6,9-14H2,1H3. The summed E-state index contributed by atoms with van der Waals surface area (Å²) in [7, 11) is 0. The molecule has 1 unspecified atom stereocenters. The molecule has 0 N–H and O–H groups in total. The van der Waals surface area contributed by atoms with Crippen molar-refractivity contribution in [2.24, 2.45) is 5.92 Å². The zero-order valence-electron chi connectivity index (χ0n) is 15.2. The summed E-state index contributed by atoms with van der Waals surface area (Å²) >= 11 is 0. The van der Waals surface area contributed by atoms with Crippen LogP contribution in [-0.2, 0) is 4.79 Å². The SMILES string of the molecule is CC1CCCCN1c1ccc(N2CCN(C(=O)CC3CC3)CC2)nn1. The fourth-order valence-corrected chi connectivity index (χ4v) is 3.96. The number of nitrogens with zero attached hydrogens (tertiary/aromatic N) is 5. The molecule has 3 fully saturated rings. The average Bonchev–Trinajstić information content (AvgIpc) is 3.46. The van der Waals surface area contributed by atoms with E-state index >= 15 is 0 Å². The van der Waals surface area contributed by atoms with Gasteiger partial charge in [-0.05, 0) is 57.1 Å². The molecule has 0 spiro atoms. The molecule has 2 saturated heterocycles. The van der Waals surface area contributed by atoms with Crippen LogP contribution in [0, 0.1) is 5.92 Å². The molecule has 1 atom stereocenters. The highest BCUT2D eigenvalue weighted by Crippen LogP contribution is 2.33. The Bertz CT molecular complexity index is 592. The van der Waals surface area contributed by atoms with Crippen molar-refractivity contribution in [3.63, 3.8) is 0 Å². The number of carbonyl (C=O) groups excluding carboxylic acids is 1. The first-order valence-electron chi connectivity index (χ1n) is 9.84. The molecule has 1 amide bonds. The van der Waals surface area contributed by atoms with Gasteiger partial charge in [-0.15, -0.1) is 10.2 Å². The minimum Gasteiger partial charge on any atom is -0.352 e. The number of hydrogen-bond acceptors (Lipinski definition) is 5. The van der Waals surface area contributed by atoms with Crippen LogP contribution in [-0.4, -0.2) is 59.8 Å². The van der Waals surface area contributed by atoms with Crippen LogP contribution in [0.25, 0.3) is 0 Å². The molecule has 1 aromatic rings. The van der Waals surface area contributed by atoms with E-state index in [0.29, 0.717) is 17.9 Å². The van der Waals surface area contributed by atoms with Crippen molar-refractivity contribution >= 4 is 17.5 Å². The number of hydrogen-bond donors (Lipinski definition) is 0. The zero-order valence-corrected chi connectivity index (χ0v) is 15.2. The molecule has 3 heterocycles. The summed E-state index contributed by atoms with van der Waals surface area (Å²) in [6.07, 6.45) is 7.02. The van der Waals surface area contributed by atoms with Crippen LogP contribution in [0.15, 0.2) is 12.1 Å². The van der Waals surface area contributed by atoms with Gasteiger partial charge in [0.2, 0.25) is 5.91 Å². The van der Waals surface area contributed by atoms with E-state index in [1.807, 2.05) is 4.90 Å². The van der Waals surface area contributed by atoms with Crippen molar-refractivity contribution in [1.82, 2.24) is 15.1 Å². The van der Waals surface area contributed by atoms with E-state index < -0.39 is 0 Å². The van der Waals surface area contributed by atoms with Gasteiger partial charge in [0.1, 0.15) is 0 Å². The van der Waals surface area contributed by atoms with Gasteiger partial charge in [0.25, 0.3) is 0 Å². The van der Waals surface area contributed by atoms with Crippen LogP contribution in [0.4, 0.5) is 11.6 Å². The Morgan fingerprint density at radius 2 is 1.72 bits per heavy atom. The molecule has 2 aliphatic heterocycles. The summed E-state index contributed by atoms with van der Waals surface area (Å²) in [5.74, 6) is 2.93. The molecule has 0 radical (unpaired) electrons. The van der Waals surface area contributed by atoms with E-state index in [-0.39, 0.29) is 0 Å². The molecule has 136 valence electrons. The van der Waals surface area contributed by atoms with Crippen LogP contribution in [0.1, 0.15) is 45.4 Å². The van der Waals surface area contributed by atoms with E-state index in [9.17, 15) is 4.79 Å². The van der Waals surface area contributed by atoms with E-state index in [1.54, 1.807) is 0 Å². The van der Waals surface area contributed by atoms with Crippen LogP contribution < -0.4 is 9.80 Å². The minimum absolute atomic E-state index is 0.336. The second-order valence-electron chi connectivity index (χ2n) is 7.80. The first-order valence-corrected chi connectivity index (χ1v) is 9.84. The number of amides is 1. The molecule has 1 saturated carbocycles. The quantitative estimate of drug-likeness (QED) is 0.840. The summed E-state index contributed by atoms with van der Waals surface area (Å²) in [6, 6.07) is 4.75. The predicted octanol–water partition coefficient (Wildman–Crippen LogP) is 2.30. The average molecular weight is 343 g/mol. The number of rotatable bonds is 4. The Hall–Kier alpha value is -1.85. The van der Waals surface area contributed by atoms with Gasteiger partial charge in [-0.25, -0.2) is 0 Å². The Labute approximate surface area is 150 Å². The van der Waals surface area contributed by atoms with E-state index in [4.69, 9.17) is 0 Å². The van der Waals surface area contributed by atoms with Gasteiger partial charge in [-0.3, -0.25) is 4.79 Å². The first-order chi connectivity index (χ1) is 12.2. The fraction of sp³-hybridized carbons (Fsp3) is 0.737. The second-order valence-corrected chi connectivity index (χ2v) is 7.80. The third kappa shape index (κ3) is 3.88. The highest BCUT2D eigenvalue weighted by molar-refractivity contribution is 5.77. The topological polar surface area (TPSA) is 52.6 Å². The Morgan fingerprint density at radius 3 is 2.36 bits per heavy atom. The zero-order chi connectivity index (χ0) is 17.2. The molecular weight excluding hydrogens is 314 g/mol. The number of piperazine rings is 1. The Morgan fingerprint density at radius 1 is 1.00 bits per heavy atom. The highest BCUT2D eigenvalue weighted by Gasteiger charge is 2.29. The van der Waals surface area contributed by atoms with Gasteiger partial charge in [-0.1, -0.05) is 0 Å². The molecule has 6 heteroatoms. The molecule has 1 aliphatic carbocycles. The van der Waals surface area contributed by atoms with Crippen molar-refractivity contribution in [3.8, 4) is 0 Å². The van der Waals surface area contributed by atoms with Crippen LogP contribution >= 0.6 is 0 Å². The summed E-state index contributed by atoms with van der Waals surface area (Å²) < 4.78 is 0. The van der Waals surface area contributed by atoms with Crippen LogP contribution in [0.2, 0.25) is 0 Å². The maximum Gasteiger partial charge on any atom is 0.222 e. The molecular formula is C19H29N5O. The van der Waals surface area contributed by atoms with E-state index in [0.717, 1.165) is 50.8 Å². The van der Waals surface area contributed by atoms with Gasteiger partial charge in [0.05, 0.1) is 0 Å². The first kappa shape index (κ1) is 16.6.